The van der Waals surface area contributed by atoms with Gasteiger partial charge in [0, 0.05) is 46.0 Å². The van der Waals surface area contributed by atoms with Crippen molar-refractivity contribution in [2.45, 2.75) is 71.0 Å². The fraction of sp³-hybridized carbons (Fsp3) is 0.483. The number of ether oxygens (including phenoxy) is 1. The number of rotatable bonds is 13. The maximum atomic E-state index is 14.3. The van der Waals surface area contributed by atoms with Crippen molar-refractivity contribution in [3.8, 4) is 0 Å². The maximum Gasteiger partial charge on any atom is 0.277 e. The second-order valence-electron chi connectivity index (χ2n) is 12.7. The Bertz CT molecular complexity index is 1280. The van der Waals surface area contributed by atoms with Gasteiger partial charge in [-0.2, -0.15) is 0 Å². The Balaban J connectivity index is 2.55. The van der Waals surface area contributed by atoms with Crippen LogP contribution in [0.25, 0.3) is 6.08 Å². The highest BCUT2D eigenvalue weighted by Gasteiger charge is 2.37. The predicted molar refractivity (Wildman–Crippen MR) is 187 cm³/mol. The summed E-state index contributed by atoms with van der Waals surface area (Å²) in [4.78, 5) is 27.3. The molecule has 7 nitrogen and oxygen atoms in total. The summed E-state index contributed by atoms with van der Waals surface area (Å²) < 4.78 is 13.8. The molecule has 0 spiro atoms. The minimum Gasteiger partial charge on any atom is -0.416 e. The zero-order valence-corrected chi connectivity index (χ0v) is 31.6. The standard InChI is InChI=1S/C29H41BrClIN2O5Si2/c1-29(2,3)41(7,8)39-14-13-22(17-21-9-10-23(30)18-27(21)34(36)37)28(35)33(20-38-15-16-40(4,5)6)26-12-11-24(31)19-25(26)32/h9-12,17-19H,13-16,20H2,1-8H3/b22-17+. The third-order valence-corrected chi connectivity index (χ3v) is 14.9. The number of anilines is 1. The Morgan fingerprint density at radius 3 is 2.34 bits per heavy atom. The number of hydrogen-bond donors (Lipinski definition) is 0. The third-order valence-electron chi connectivity index (χ3n) is 7.10. The van der Waals surface area contributed by atoms with Crippen LogP contribution in [0.4, 0.5) is 11.4 Å². The van der Waals surface area contributed by atoms with Crippen LogP contribution in [0.2, 0.25) is 48.8 Å². The zero-order chi connectivity index (χ0) is 31.2. The fourth-order valence-electron chi connectivity index (χ4n) is 3.50. The normalized spacial score (nSPS) is 12.9. The molecule has 0 bridgehead atoms. The number of halogens is 3. The van der Waals surface area contributed by atoms with Crippen molar-refractivity contribution >= 4 is 89.9 Å². The molecule has 0 atom stereocenters. The Labute approximate surface area is 273 Å². The summed E-state index contributed by atoms with van der Waals surface area (Å²) in [7, 11) is -3.43. The van der Waals surface area contributed by atoms with Gasteiger partial charge in [0.1, 0.15) is 6.73 Å². The van der Waals surface area contributed by atoms with E-state index >= 15 is 0 Å². The summed E-state index contributed by atoms with van der Waals surface area (Å²) in [5.74, 6) is -0.297. The van der Waals surface area contributed by atoms with Gasteiger partial charge in [0.05, 0.1) is 16.2 Å². The Hall–Kier alpha value is -1.10. The molecule has 2 aromatic carbocycles. The molecule has 0 N–H and O–H groups in total. The quantitative estimate of drug-likeness (QED) is 0.0384. The van der Waals surface area contributed by atoms with Gasteiger partial charge in [0.2, 0.25) is 0 Å². The van der Waals surface area contributed by atoms with Crippen LogP contribution in [0.3, 0.4) is 0 Å². The van der Waals surface area contributed by atoms with Crippen LogP contribution in [-0.2, 0) is 14.0 Å². The molecule has 0 saturated carbocycles. The SMILES string of the molecule is CC(C)(C)[Si](C)(C)OCC/C(=C\c1ccc(Br)cc1[N+](=O)[O-])C(=O)N(COCC[Si](C)(C)C)c1ccc(Cl)cc1I. The molecule has 41 heavy (non-hydrogen) atoms. The summed E-state index contributed by atoms with van der Waals surface area (Å²) in [5, 5.41) is 12.4. The molecule has 0 radical (unpaired) electrons. The molecule has 0 aliphatic rings. The molecule has 0 aliphatic carbocycles. The number of carbonyl (C=O) groups excluding carboxylic acids is 1. The molecule has 226 valence electrons. The van der Waals surface area contributed by atoms with Crippen molar-refractivity contribution in [2.75, 3.05) is 24.8 Å². The smallest absolute Gasteiger partial charge is 0.277 e. The summed E-state index contributed by atoms with van der Waals surface area (Å²) in [6.45, 7) is 18.5. The van der Waals surface area contributed by atoms with Crippen LogP contribution in [0.5, 0.6) is 0 Å². The van der Waals surface area contributed by atoms with Crippen LogP contribution >= 0.6 is 50.1 Å². The van der Waals surface area contributed by atoms with E-state index in [1.807, 2.05) is 0 Å². The monoisotopic (exact) mass is 794 g/mol. The van der Waals surface area contributed by atoms with Crippen LogP contribution in [0, 0.1) is 13.7 Å². The molecule has 0 heterocycles. The molecule has 0 fully saturated rings. The number of benzene rings is 2. The predicted octanol–water partition coefficient (Wildman–Crippen LogP) is 9.76. The molecular weight excluding hydrogens is 755 g/mol. The molecule has 0 saturated heterocycles. The molecule has 0 unspecified atom stereocenters. The van der Waals surface area contributed by atoms with E-state index in [1.165, 1.54) is 6.07 Å². The van der Waals surface area contributed by atoms with Crippen LogP contribution in [0.15, 0.2) is 46.4 Å². The number of carbonyl (C=O) groups is 1. The van der Waals surface area contributed by atoms with Crippen molar-refractivity contribution in [3.05, 3.63) is 70.7 Å². The lowest BCUT2D eigenvalue weighted by Crippen LogP contribution is -2.41. The fourth-order valence-corrected chi connectivity index (χ4v) is 6.82. The first-order chi connectivity index (χ1) is 18.8. The minimum atomic E-state index is -2.09. The molecule has 0 aliphatic heterocycles. The topological polar surface area (TPSA) is 81.9 Å². The summed E-state index contributed by atoms with van der Waals surface area (Å²) in [6.07, 6.45) is 1.90. The second kappa shape index (κ2) is 15.1. The molecule has 1 amide bonds. The van der Waals surface area contributed by atoms with Crippen molar-refractivity contribution in [1.82, 2.24) is 0 Å². The lowest BCUT2D eigenvalue weighted by atomic mass is 10.1. The lowest BCUT2D eigenvalue weighted by molar-refractivity contribution is -0.385. The van der Waals surface area contributed by atoms with Gasteiger partial charge in [0.25, 0.3) is 11.6 Å². The molecule has 12 heteroatoms. The van der Waals surface area contributed by atoms with E-state index in [9.17, 15) is 14.9 Å². The van der Waals surface area contributed by atoms with E-state index in [-0.39, 0.29) is 29.8 Å². The molecule has 2 aromatic rings. The summed E-state index contributed by atoms with van der Waals surface area (Å²) in [5.41, 5.74) is 1.32. The summed E-state index contributed by atoms with van der Waals surface area (Å²) in [6, 6.07) is 11.1. The van der Waals surface area contributed by atoms with Gasteiger partial charge in [-0.3, -0.25) is 19.8 Å². The van der Waals surface area contributed by atoms with Crippen molar-refractivity contribution in [2.24, 2.45) is 0 Å². The highest BCUT2D eigenvalue weighted by Crippen LogP contribution is 2.37. The average molecular weight is 796 g/mol. The lowest BCUT2D eigenvalue weighted by Gasteiger charge is -2.36. The number of amides is 1. The van der Waals surface area contributed by atoms with Crippen molar-refractivity contribution in [1.29, 1.82) is 0 Å². The largest absolute Gasteiger partial charge is 0.416 e. The Morgan fingerprint density at radius 1 is 1.12 bits per heavy atom. The van der Waals surface area contributed by atoms with E-state index in [0.29, 0.717) is 39.5 Å². The molecular formula is C29H41BrClIN2O5Si2. The maximum absolute atomic E-state index is 14.3. The first kappa shape index (κ1) is 36.1. The van der Waals surface area contributed by atoms with E-state index in [0.717, 1.165) is 9.61 Å². The molecule has 2 rings (SSSR count). The van der Waals surface area contributed by atoms with E-state index in [4.69, 9.17) is 20.8 Å². The average Bonchev–Trinajstić information content (AvgIpc) is 2.83. The number of nitro groups is 1. The number of nitrogens with zero attached hydrogens (tertiary/aromatic N) is 2. The van der Waals surface area contributed by atoms with Crippen LogP contribution < -0.4 is 4.90 Å². The summed E-state index contributed by atoms with van der Waals surface area (Å²) >= 11 is 11.7. The van der Waals surface area contributed by atoms with Gasteiger partial charge in [-0.25, -0.2) is 0 Å². The van der Waals surface area contributed by atoms with E-state index in [2.05, 4.69) is 92.0 Å². The zero-order valence-electron chi connectivity index (χ0n) is 25.1. The van der Waals surface area contributed by atoms with Gasteiger partial charge >= 0.3 is 0 Å². The first-order valence-corrected chi connectivity index (χ1v) is 22.3. The second-order valence-corrected chi connectivity index (χ2v) is 25.6. The number of nitro benzene ring substituents is 1. The number of hydrogen-bond acceptors (Lipinski definition) is 5. The van der Waals surface area contributed by atoms with Gasteiger partial charge in [-0.15, -0.1) is 0 Å². The highest BCUT2D eigenvalue weighted by molar-refractivity contribution is 14.1. The van der Waals surface area contributed by atoms with Crippen molar-refractivity contribution < 1.29 is 18.9 Å². The van der Waals surface area contributed by atoms with E-state index in [1.54, 1.807) is 41.3 Å². The third kappa shape index (κ3) is 11.2. The van der Waals surface area contributed by atoms with Crippen LogP contribution in [0.1, 0.15) is 32.8 Å². The van der Waals surface area contributed by atoms with Gasteiger partial charge < -0.3 is 9.16 Å². The highest BCUT2D eigenvalue weighted by atomic mass is 127. The van der Waals surface area contributed by atoms with Gasteiger partial charge in [-0.05, 0) is 89.6 Å². The van der Waals surface area contributed by atoms with Gasteiger partial charge in [0.15, 0.2) is 8.32 Å². The van der Waals surface area contributed by atoms with E-state index < -0.39 is 21.3 Å². The van der Waals surface area contributed by atoms with Crippen LogP contribution in [-0.4, -0.2) is 47.2 Å². The van der Waals surface area contributed by atoms with Crippen molar-refractivity contribution in [3.63, 3.8) is 0 Å². The molecule has 0 aromatic heterocycles. The Morgan fingerprint density at radius 2 is 1.78 bits per heavy atom. The Kier molecular flexibility index (Phi) is 13.3. The van der Waals surface area contributed by atoms with Gasteiger partial charge in [-0.1, -0.05) is 67.9 Å². The first-order valence-electron chi connectivity index (χ1n) is 13.5. The minimum absolute atomic E-state index is 0.00103.